The highest BCUT2D eigenvalue weighted by atomic mass is 16.5. The van der Waals surface area contributed by atoms with Crippen LogP contribution in [0.2, 0.25) is 0 Å². The smallest absolute Gasteiger partial charge is 0.233 e. The molecule has 0 aliphatic carbocycles. The van der Waals surface area contributed by atoms with Crippen molar-refractivity contribution >= 4 is 11.6 Å². The number of anilines is 1. The maximum atomic E-state index is 11.4. The van der Waals surface area contributed by atoms with Crippen LogP contribution in [0.1, 0.15) is 6.92 Å². The number of rotatable bonds is 4. The highest BCUT2D eigenvalue weighted by molar-refractivity contribution is 5.94. The van der Waals surface area contributed by atoms with Gasteiger partial charge < -0.3 is 10.1 Å². The molecule has 1 rings (SSSR count). The summed E-state index contributed by atoms with van der Waals surface area (Å²) in [5, 5.41) is 5.92. The van der Waals surface area contributed by atoms with Gasteiger partial charge in [0.25, 0.3) is 0 Å². The van der Waals surface area contributed by atoms with Gasteiger partial charge in [0.05, 0.1) is 7.11 Å². The summed E-state index contributed by atoms with van der Waals surface area (Å²) in [5.41, 5.74) is 8.81. The van der Waals surface area contributed by atoms with E-state index in [9.17, 15) is 4.79 Å². The van der Waals surface area contributed by atoms with Crippen LogP contribution in [-0.4, -0.2) is 19.1 Å². The number of hydrogen-bond acceptors (Lipinski definition) is 3. The van der Waals surface area contributed by atoms with Crippen LogP contribution in [0.15, 0.2) is 29.4 Å². The lowest BCUT2D eigenvalue weighted by Crippen LogP contribution is -2.22. The molecule has 0 radical (unpaired) electrons. The number of azide groups is 1. The first-order valence-electron chi connectivity index (χ1n) is 4.66. The van der Waals surface area contributed by atoms with Gasteiger partial charge in [-0.2, -0.15) is 0 Å². The largest absolute Gasteiger partial charge is 0.497 e. The van der Waals surface area contributed by atoms with Crippen LogP contribution < -0.4 is 10.1 Å². The summed E-state index contributed by atoms with van der Waals surface area (Å²) < 4.78 is 4.98. The molecule has 0 saturated heterocycles. The minimum absolute atomic E-state index is 0.344. The van der Waals surface area contributed by atoms with E-state index in [1.165, 1.54) is 6.92 Å². The Labute approximate surface area is 92.8 Å². The molecule has 0 spiro atoms. The van der Waals surface area contributed by atoms with Crippen LogP contribution in [0, 0.1) is 0 Å². The van der Waals surface area contributed by atoms with Crippen molar-refractivity contribution in [2.75, 3.05) is 12.4 Å². The van der Waals surface area contributed by atoms with Crippen LogP contribution in [0.25, 0.3) is 10.4 Å². The molecule has 6 heteroatoms. The summed E-state index contributed by atoms with van der Waals surface area (Å²) in [6.07, 6.45) is 0. The molecule has 84 valence electrons. The number of carbonyl (C=O) groups excluding carboxylic acids is 1. The van der Waals surface area contributed by atoms with Gasteiger partial charge in [-0.1, -0.05) is 5.11 Å². The molecule has 1 aromatic rings. The van der Waals surface area contributed by atoms with Crippen molar-refractivity contribution in [2.45, 2.75) is 13.0 Å². The first-order valence-corrected chi connectivity index (χ1v) is 4.66. The van der Waals surface area contributed by atoms with Gasteiger partial charge in [0.2, 0.25) is 5.91 Å². The van der Waals surface area contributed by atoms with E-state index in [1.807, 2.05) is 0 Å². The minimum atomic E-state index is -0.730. The van der Waals surface area contributed by atoms with E-state index in [0.29, 0.717) is 11.4 Å². The maximum absolute atomic E-state index is 11.4. The molecule has 0 heterocycles. The summed E-state index contributed by atoms with van der Waals surface area (Å²) in [6.45, 7) is 1.53. The SMILES string of the molecule is COc1ccc(NC(=O)C(C)N=[N+]=[N-])cc1. The van der Waals surface area contributed by atoms with Gasteiger partial charge in [0.1, 0.15) is 11.8 Å². The normalized spacial score (nSPS) is 11.1. The number of nitrogens with one attached hydrogen (secondary N) is 1. The minimum Gasteiger partial charge on any atom is -0.497 e. The fraction of sp³-hybridized carbons (Fsp3) is 0.300. The number of carbonyl (C=O) groups is 1. The predicted octanol–water partition coefficient (Wildman–Crippen LogP) is 2.33. The number of ether oxygens (including phenoxy) is 1. The number of amides is 1. The topological polar surface area (TPSA) is 87.1 Å². The van der Waals surface area contributed by atoms with E-state index in [0.717, 1.165) is 0 Å². The van der Waals surface area contributed by atoms with Crippen molar-refractivity contribution in [2.24, 2.45) is 5.11 Å². The Morgan fingerprint density at radius 2 is 2.12 bits per heavy atom. The molecule has 16 heavy (non-hydrogen) atoms. The number of methoxy groups -OCH3 is 1. The van der Waals surface area contributed by atoms with Crippen LogP contribution in [-0.2, 0) is 4.79 Å². The molecular formula is C10H12N4O2. The van der Waals surface area contributed by atoms with Crippen LogP contribution >= 0.6 is 0 Å². The van der Waals surface area contributed by atoms with Gasteiger partial charge >= 0.3 is 0 Å². The first-order chi connectivity index (χ1) is 7.67. The lowest BCUT2D eigenvalue weighted by molar-refractivity contribution is -0.117. The van der Waals surface area contributed by atoms with Gasteiger partial charge in [-0.15, -0.1) is 0 Å². The Balaban J connectivity index is 2.66. The van der Waals surface area contributed by atoms with Gasteiger partial charge in [-0.3, -0.25) is 4.79 Å². The predicted molar refractivity (Wildman–Crippen MR) is 60.2 cm³/mol. The second-order valence-corrected chi connectivity index (χ2v) is 3.10. The Morgan fingerprint density at radius 1 is 1.50 bits per heavy atom. The van der Waals surface area contributed by atoms with E-state index in [1.54, 1.807) is 31.4 Å². The van der Waals surface area contributed by atoms with Crippen LogP contribution in [0.5, 0.6) is 5.75 Å². The molecule has 0 aliphatic heterocycles. The van der Waals surface area contributed by atoms with Gasteiger partial charge in [-0.25, -0.2) is 0 Å². The second-order valence-electron chi connectivity index (χ2n) is 3.10. The lowest BCUT2D eigenvalue weighted by Gasteiger charge is -2.07. The van der Waals surface area contributed by atoms with Gasteiger partial charge in [-0.05, 0) is 36.7 Å². The standard InChI is InChI=1S/C10H12N4O2/c1-7(13-14-11)10(15)12-8-3-5-9(16-2)6-4-8/h3-7H,1-2H3,(H,12,15). The van der Waals surface area contributed by atoms with Crippen molar-refractivity contribution in [1.82, 2.24) is 0 Å². The van der Waals surface area contributed by atoms with Crippen LogP contribution in [0.3, 0.4) is 0 Å². The average Bonchev–Trinajstić information content (AvgIpc) is 2.30. The van der Waals surface area contributed by atoms with Gasteiger partial charge in [0, 0.05) is 10.6 Å². The summed E-state index contributed by atoms with van der Waals surface area (Å²) in [6, 6.07) is 6.15. The molecule has 1 N–H and O–H groups in total. The van der Waals surface area contributed by atoms with E-state index in [-0.39, 0.29) is 5.91 Å². The van der Waals surface area contributed by atoms with E-state index in [4.69, 9.17) is 10.3 Å². The van der Waals surface area contributed by atoms with Crippen molar-refractivity contribution in [1.29, 1.82) is 0 Å². The third kappa shape index (κ3) is 3.18. The summed E-state index contributed by atoms with van der Waals surface area (Å²) in [4.78, 5) is 14.0. The quantitative estimate of drug-likeness (QED) is 0.479. The molecule has 0 fully saturated rings. The number of hydrogen-bond donors (Lipinski definition) is 1. The fourth-order valence-electron chi connectivity index (χ4n) is 1.05. The molecule has 1 atom stereocenters. The lowest BCUT2D eigenvalue weighted by atomic mass is 10.2. The van der Waals surface area contributed by atoms with E-state index >= 15 is 0 Å². The zero-order chi connectivity index (χ0) is 12.0. The van der Waals surface area contributed by atoms with Gasteiger partial charge in [0.15, 0.2) is 0 Å². The second kappa shape index (κ2) is 5.63. The third-order valence-electron chi connectivity index (χ3n) is 1.96. The Bertz CT molecular complexity index is 409. The summed E-state index contributed by atoms with van der Waals surface area (Å²) in [7, 11) is 1.57. The monoisotopic (exact) mass is 220 g/mol. The molecule has 1 unspecified atom stereocenters. The van der Waals surface area contributed by atoms with Crippen LogP contribution in [0.4, 0.5) is 5.69 Å². The Hall–Kier alpha value is -2.20. The van der Waals surface area contributed by atoms with Crippen molar-refractivity contribution in [3.05, 3.63) is 34.7 Å². The number of nitrogens with zero attached hydrogens (tertiary/aromatic N) is 3. The molecular weight excluding hydrogens is 208 g/mol. The van der Waals surface area contributed by atoms with E-state index < -0.39 is 6.04 Å². The Morgan fingerprint density at radius 3 is 2.62 bits per heavy atom. The molecule has 0 saturated carbocycles. The Kier molecular flexibility index (Phi) is 4.17. The van der Waals surface area contributed by atoms with E-state index in [2.05, 4.69) is 15.3 Å². The average molecular weight is 220 g/mol. The van der Waals surface area contributed by atoms with Crippen molar-refractivity contribution < 1.29 is 9.53 Å². The molecule has 0 bridgehead atoms. The molecule has 1 amide bonds. The third-order valence-corrected chi connectivity index (χ3v) is 1.96. The molecule has 0 aliphatic rings. The fourth-order valence-corrected chi connectivity index (χ4v) is 1.05. The molecule has 1 aromatic carbocycles. The molecule has 6 nitrogen and oxygen atoms in total. The van der Waals surface area contributed by atoms with Crippen molar-refractivity contribution in [3.8, 4) is 5.75 Å². The molecule has 0 aromatic heterocycles. The van der Waals surface area contributed by atoms with Crippen molar-refractivity contribution in [3.63, 3.8) is 0 Å². The summed E-state index contributed by atoms with van der Waals surface area (Å²) >= 11 is 0. The maximum Gasteiger partial charge on any atom is 0.233 e. The highest BCUT2D eigenvalue weighted by Crippen LogP contribution is 2.15. The highest BCUT2D eigenvalue weighted by Gasteiger charge is 2.10. The summed E-state index contributed by atoms with van der Waals surface area (Å²) in [5.74, 6) is 0.365. The first kappa shape index (κ1) is 11.9. The zero-order valence-corrected chi connectivity index (χ0v) is 9.04. The zero-order valence-electron chi connectivity index (χ0n) is 9.04. The number of benzene rings is 1.